The van der Waals surface area contributed by atoms with Crippen molar-refractivity contribution >= 4 is 23.7 Å². The van der Waals surface area contributed by atoms with E-state index < -0.39 is 18.2 Å². The maximum absolute atomic E-state index is 12.4. The minimum absolute atomic E-state index is 0.0786. The molecule has 1 aliphatic rings. The molecule has 2 heterocycles. The first-order chi connectivity index (χ1) is 13.8. The third kappa shape index (κ3) is 9.77. The third-order valence-electron chi connectivity index (χ3n) is 3.88. The molecule has 1 aromatic heterocycles. The Labute approximate surface area is 171 Å². The van der Waals surface area contributed by atoms with Gasteiger partial charge in [0.2, 0.25) is 5.88 Å². The zero-order valence-corrected chi connectivity index (χ0v) is 16.7. The van der Waals surface area contributed by atoms with Gasteiger partial charge in [0.15, 0.2) is 5.78 Å². The molecule has 0 aliphatic carbocycles. The van der Waals surface area contributed by atoms with E-state index in [2.05, 4.69) is 9.29 Å². The lowest BCUT2D eigenvalue weighted by atomic mass is 9.99. The van der Waals surface area contributed by atoms with Crippen LogP contribution in [-0.4, -0.2) is 58.8 Å². The van der Waals surface area contributed by atoms with E-state index in [4.69, 9.17) is 15.6 Å². The van der Waals surface area contributed by atoms with Gasteiger partial charge in [0.25, 0.3) is 6.43 Å². The van der Waals surface area contributed by atoms with Crippen molar-refractivity contribution in [1.82, 2.24) is 9.29 Å². The summed E-state index contributed by atoms with van der Waals surface area (Å²) >= 11 is 1.55. The number of aromatic nitrogens is 1. The number of aliphatic carboxylic acids is 1. The summed E-state index contributed by atoms with van der Waals surface area (Å²) in [4.78, 5) is 25.4. The van der Waals surface area contributed by atoms with Crippen LogP contribution in [0.2, 0.25) is 0 Å². The molecular formula is C18H24F3N3O4S. The summed E-state index contributed by atoms with van der Waals surface area (Å²) in [6.07, 6.45) is 0.670. The van der Waals surface area contributed by atoms with Gasteiger partial charge in [-0.25, -0.2) is 22.5 Å². The molecule has 0 amide bonds. The molecule has 3 N–H and O–H groups in total. The number of alkyl halides is 2. The minimum Gasteiger partial charge on any atom is -0.481 e. The molecule has 0 aromatic carbocycles. The normalized spacial score (nSPS) is 15.6. The zero-order chi connectivity index (χ0) is 21.8. The summed E-state index contributed by atoms with van der Waals surface area (Å²) in [5.41, 5.74) is 5.72. The lowest BCUT2D eigenvalue weighted by molar-refractivity contribution is -0.142. The molecule has 0 radical (unpaired) electrons. The Morgan fingerprint density at radius 1 is 1.41 bits per heavy atom. The topological polar surface area (TPSA) is 106 Å². The summed E-state index contributed by atoms with van der Waals surface area (Å²) in [5.74, 6) is -1.61. The molecule has 29 heavy (non-hydrogen) atoms. The number of nitrogens with two attached hydrogens (primary N) is 1. The molecule has 2 rings (SSSR count). The molecule has 0 saturated carbocycles. The predicted molar refractivity (Wildman–Crippen MR) is 102 cm³/mol. The summed E-state index contributed by atoms with van der Waals surface area (Å²) in [5, 5.41) is 8.99. The van der Waals surface area contributed by atoms with Crippen molar-refractivity contribution in [3.05, 3.63) is 30.2 Å². The fourth-order valence-corrected chi connectivity index (χ4v) is 3.07. The predicted octanol–water partition coefficient (Wildman–Crippen LogP) is 2.92. The number of ketones is 1. The van der Waals surface area contributed by atoms with Gasteiger partial charge in [-0.15, -0.1) is 0 Å². The van der Waals surface area contributed by atoms with Gasteiger partial charge in [0, 0.05) is 49.3 Å². The molecule has 0 unspecified atom stereocenters. The van der Waals surface area contributed by atoms with E-state index in [9.17, 15) is 22.8 Å². The van der Waals surface area contributed by atoms with E-state index in [0.29, 0.717) is 30.6 Å². The Morgan fingerprint density at radius 2 is 2.03 bits per heavy atom. The molecule has 0 spiro atoms. The highest BCUT2D eigenvalue weighted by Gasteiger charge is 2.24. The van der Waals surface area contributed by atoms with Gasteiger partial charge in [-0.2, -0.15) is 0 Å². The maximum Gasteiger partial charge on any atom is 0.306 e. The molecule has 162 valence electrons. The number of carboxylic acid groups (broad SMARTS) is 1. The zero-order valence-electron chi connectivity index (χ0n) is 15.9. The largest absolute Gasteiger partial charge is 0.481 e. The van der Waals surface area contributed by atoms with Crippen LogP contribution in [0, 0.1) is 5.92 Å². The quantitative estimate of drug-likeness (QED) is 0.601. The Hall–Kier alpha value is -2.11. The second kappa shape index (κ2) is 13.2. The van der Waals surface area contributed by atoms with Crippen LogP contribution in [0.1, 0.15) is 19.8 Å². The SMILES string of the molecule is CC(=O)C(F)F.NC/C(=C/F)COc1ccc(SN2CCC(C(=O)O)CC2)cn1. The number of piperidine rings is 1. The van der Waals surface area contributed by atoms with Crippen LogP contribution < -0.4 is 10.5 Å². The first-order valence-electron chi connectivity index (χ1n) is 8.78. The Kier molecular flexibility index (Phi) is 11.3. The number of carbonyl (C=O) groups excluding carboxylic acids is 1. The van der Waals surface area contributed by atoms with Crippen molar-refractivity contribution in [2.45, 2.75) is 31.1 Å². The van der Waals surface area contributed by atoms with E-state index >= 15 is 0 Å². The van der Waals surface area contributed by atoms with Gasteiger partial charge < -0.3 is 15.6 Å². The van der Waals surface area contributed by atoms with E-state index in [-0.39, 0.29) is 19.1 Å². The number of Topliss-reactive ketones (excluding diaryl/α,β-unsaturated/α-hetero) is 1. The van der Waals surface area contributed by atoms with Crippen LogP contribution >= 0.6 is 11.9 Å². The first kappa shape index (κ1) is 24.9. The van der Waals surface area contributed by atoms with Crippen molar-refractivity contribution in [3.63, 3.8) is 0 Å². The van der Waals surface area contributed by atoms with Gasteiger partial charge >= 0.3 is 5.97 Å². The van der Waals surface area contributed by atoms with Crippen LogP contribution in [0.4, 0.5) is 13.2 Å². The highest BCUT2D eigenvalue weighted by Crippen LogP contribution is 2.28. The minimum atomic E-state index is -2.79. The number of nitrogens with zero attached hydrogens (tertiary/aromatic N) is 2. The van der Waals surface area contributed by atoms with Gasteiger partial charge in [-0.1, -0.05) is 0 Å². The van der Waals surface area contributed by atoms with Crippen LogP contribution in [0.5, 0.6) is 5.88 Å². The van der Waals surface area contributed by atoms with Crippen LogP contribution in [0.15, 0.2) is 35.1 Å². The molecule has 0 atom stereocenters. The number of halogens is 3. The van der Waals surface area contributed by atoms with Crippen LogP contribution in [0.25, 0.3) is 0 Å². The number of pyridine rings is 1. The van der Waals surface area contributed by atoms with E-state index in [1.807, 2.05) is 6.07 Å². The smallest absolute Gasteiger partial charge is 0.306 e. The lowest BCUT2D eigenvalue weighted by Gasteiger charge is -2.28. The summed E-state index contributed by atoms with van der Waals surface area (Å²) in [6.45, 7) is 2.51. The van der Waals surface area contributed by atoms with Gasteiger partial charge in [-0.05, 0) is 30.9 Å². The van der Waals surface area contributed by atoms with E-state index in [1.165, 1.54) is 0 Å². The highest BCUT2D eigenvalue weighted by molar-refractivity contribution is 7.97. The van der Waals surface area contributed by atoms with Crippen molar-refractivity contribution in [1.29, 1.82) is 0 Å². The van der Waals surface area contributed by atoms with Crippen LogP contribution in [0.3, 0.4) is 0 Å². The fourth-order valence-electron chi connectivity index (χ4n) is 2.15. The average molecular weight is 435 g/mol. The van der Waals surface area contributed by atoms with Crippen molar-refractivity contribution in [2.24, 2.45) is 11.7 Å². The standard InChI is InChI=1S/C15H20FN3O3S.C3H4F2O/c16-7-11(8-17)10-22-14-2-1-13(9-18-14)23-19-5-3-12(4-6-19)15(20)21;1-2(6)3(4)5/h1-2,7,9,12H,3-6,8,10,17H2,(H,20,21);3H,1H3/b11-7-;. The lowest BCUT2D eigenvalue weighted by Crippen LogP contribution is -2.32. The van der Waals surface area contributed by atoms with Gasteiger partial charge in [0.05, 0.1) is 12.2 Å². The second-order valence-corrected chi connectivity index (χ2v) is 7.31. The summed E-state index contributed by atoms with van der Waals surface area (Å²) < 4.78 is 41.5. The summed E-state index contributed by atoms with van der Waals surface area (Å²) in [6, 6.07) is 3.59. The molecule has 1 aliphatic heterocycles. The van der Waals surface area contributed by atoms with Crippen molar-refractivity contribution in [2.75, 3.05) is 26.2 Å². The molecule has 1 fully saturated rings. The van der Waals surface area contributed by atoms with Gasteiger partial charge in [-0.3, -0.25) is 9.59 Å². The van der Waals surface area contributed by atoms with Gasteiger partial charge in [0.1, 0.15) is 6.61 Å². The molecule has 11 heteroatoms. The number of rotatable bonds is 8. The second-order valence-electron chi connectivity index (χ2n) is 6.14. The number of hydrogen-bond acceptors (Lipinski definition) is 7. The molecule has 1 saturated heterocycles. The maximum atomic E-state index is 12.4. The monoisotopic (exact) mass is 435 g/mol. The number of hydrogen-bond donors (Lipinski definition) is 2. The highest BCUT2D eigenvalue weighted by atomic mass is 32.2. The van der Waals surface area contributed by atoms with E-state index in [0.717, 1.165) is 24.9 Å². The third-order valence-corrected chi connectivity index (χ3v) is 4.95. The van der Waals surface area contributed by atoms with Crippen LogP contribution in [-0.2, 0) is 9.59 Å². The average Bonchev–Trinajstić information content (AvgIpc) is 2.70. The summed E-state index contributed by atoms with van der Waals surface area (Å²) in [7, 11) is 0. The van der Waals surface area contributed by atoms with Crippen molar-refractivity contribution in [3.8, 4) is 5.88 Å². The first-order valence-corrected chi connectivity index (χ1v) is 9.55. The number of carboxylic acids is 1. The molecule has 1 aromatic rings. The Balaban J connectivity index is 0.000000612. The molecule has 0 bridgehead atoms. The Morgan fingerprint density at radius 3 is 2.45 bits per heavy atom. The van der Waals surface area contributed by atoms with E-state index in [1.54, 1.807) is 24.2 Å². The van der Waals surface area contributed by atoms with Crippen molar-refractivity contribution < 1.29 is 32.6 Å². The number of carbonyl (C=O) groups is 2. The Bertz CT molecular complexity index is 681. The molecular weight excluding hydrogens is 411 g/mol. The fraction of sp³-hybridized carbons (Fsp3) is 0.500. The molecule has 7 nitrogen and oxygen atoms in total. The number of ether oxygens (including phenoxy) is 1.